The maximum atomic E-state index is 12.4. The molecular formula is C17H20N4O5S. The van der Waals surface area contributed by atoms with Gasteiger partial charge in [-0.15, -0.1) is 0 Å². The van der Waals surface area contributed by atoms with Crippen LogP contribution >= 0.6 is 0 Å². The molecule has 2 aromatic rings. The van der Waals surface area contributed by atoms with Gasteiger partial charge in [-0.05, 0) is 37.7 Å². The number of nitrogens with one attached hydrogen (secondary N) is 3. The molecule has 144 valence electrons. The highest BCUT2D eigenvalue weighted by molar-refractivity contribution is 7.89. The number of nitro groups is 1. The Kier molecular flexibility index (Phi) is 6.48. The molecule has 0 radical (unpaired) electrons. The second-order valence-electron chi connectivity index (χ2n) is 5.64. The fraction of sp³-hybridized carbons (Fsp3) is 0.235. The molecule has 0 aliphatic carbocycles. The Bertz CT molecular complexity index is 960. The number of rotatable bonds is 8. The summed E-state index contributed by atoms with van der Waals surface area (Å²) in [6.45, 7) is 2.17. The Labute approximate surface area is 157 Å². The van der Waals surface area contributed by atoms with Crippen LogP contribution in [0.15, 0.2) is 47.4 Å². The van der Waals surface area contributed by atoms with Crippen molar-refractivity contribution < 1.29 is 18.1 Å². The van der Waals surface area contributed by atoms with Crippen molar-refractivity contribution in [2.75, 3.05) is 25.5 Å². The summed E-state index contributed by atoms with van der Waals surface area (Å²) >= 11 is 0. The number of carbonyl (C=O) groups is 1. The van der Waals surface area contributed by atoms with Crippen LogP contribution < -0.4 is 15.4 Å². The number of nitrogens with zero attached hydrogens (tertiary/aromatic N) is 1. The van der Waals surface area contributed by atoms with Gasteiger partial charge in [-0.2, -0.15) is 0 Å². The molecule has 0 fully saturated rings. The lowest BCUT2D eigenvalue weighted by molar-refractivity contribution is -0.384. The van der Waals surface area contributed by atoms with Crippen molar-refractivity contribution in [2.24, 2.45) is 0 Å². The maximum Gasteiger partial charge on any atom is 0.292 e. The lowest BCUT2D eigenvalue weighted by Gasteiger charge is -2.11. The van der Waals surface area contributed by atoms with Crippen LogP contribution in [0.2, 0.25) is 0 Å². The highest BCUT2D eigenvalue weighted by Crippen LogP contribution is 2.22. The normalized spacial score (nSPS) is 11.0. The molecule has 0 spiro atoms. The highest BCUT2D eigenvalue weighted by atomic mass is 32.2. The van der Waals surface area contributed by atoms with E-state index in [0.717, 1.165) is 0 Å². The Hall–Kier alpha value is -2.98. The minimum absolute atomic E-state index is 0.00112. The summed E-state index contributed by atoms with van der Waals surface area (Å²) in [5.74, 6) is -0.426. The highest BCUT2D eigenvalue weighted by Gasteiger charge is 2.16. The molecule has 2 rings (SSSR count). The second-order valence-corrected chi connectivity index (χ2v) is 7.53. The van der Waals surface area contributed by atoms with E-state index in [9.17, 15) is 23.3 Å². The summed E-state index contributed by atoms with van der Waals surface area (Å²) in [6, 6.07) is 10.5. The molecule has 0 aromatic heterocycles. The third kappa shape index (κ3) is 5.02. The Morgan fingerprint density at radius 2 is 1.85 bits per heavy atom. The summed E-state index contributed by atoms with van der Waals surface area (Å²) in [4.78, 5) is 22.8. The van der Waals surface area contributed by atoms with Gasteiger partial charge in [-0.25, -0.2) is 13.1 Å². The van der Waals surface area contributed by atoms with Crippen LogP contribution in [0.1, 0.15) is 15.9 Å². The first-order valence-electron chi connectivity index (χ1n) is 8.06. The molecule has 0 saturated heterocycles. The second kappa shape index (κ2) is 8.60. The number of anilines is 1. The van der Waals surface area contributed by atoms with Gasteiger partial charge >= 0.3 is 0 Å². The van der Waals surface area contributed by atoms with Gasteiger partial charge in [0.25, 0.3) is 11.6 Å². The third-order valence-corrected chi connectivity index (χ3v) is 5.27. The van der Waals surface area contributed by atoms with E-state index in [4.69, 9.17) is 0 Å². The van der Waals surface area contributed by atoms with Crippen molar-refractivity contribution in [3.63, 3.8) is 0 Å². The SMILES string of the molecule is CNS(=O)(=O)c1ccc(C)c(C(=O)NCCNc2ccccc2[N+](=O)[O-])c1. The van der Waals surface area contributed by atoms with Crippen molar-refractivity contribution in [3.8, 4) is 0 Å². The van der Waals surface area contributed by atoms with E-state index in [0.29, 0.717) is 11.3 Å². The first kappa shape index (κ1) is 20.3. The minimum atomic E-state index is -3.65. The Balaban J connectivity index is 2.01. The first-order chi connectivity index (χ1) is 12.8. The molecule has 0 saturated carbocycles. The van der Waals surface area contributed by atoms with Gasteiger partial charge in [-0.1, -0.05) is 18.2 Å². The van der Waals surface area contributed by atoms with E-state index in [1.54, 1.807) is 31.2 Å². The molecule has 2 aromatic carbocycles. The van der Waals surface area contributed by atoms with Gasteiger partial charge in [-0.3, -0.25) is 14.9 Å². The van der Waals surface area contributed by atoms with Crippen LogP contribution in [-0.4, -0.2) is 39.4 Å². The van der Waals surface area contributed by atoms with Gasteiger partial charge in [0.2, 0.25) is 10.0 Å². The van der Waals surface area contributed by atoms with Crippen molar-refractivity contribution >= 4 is 27.3 Å². The lowest BCUT2D eigenvalue weighted by atomic mass is 10.1. The third-order valence-electron chi connectivity index (χ3n) is 3.86. The molecule has 27 heavy (non-hydrogen) atoms. The van der Waals surface area contributed by atoms with Crippen molar-refractivity contribution in [1.29, 1.82) is 0 Å². The predicted octanol–water partition coefficient (Wildman–Crippen LogP) is 1.65. The number of hydrogen-bond acceptors (Lipinski definition) is 6. The van der Waals surface area contributed by atoms with Crippen molar-refractivity contribution in [3.05, 3.63) is 63.7 Å². The van der Waals surface area contributed by atoms with Crippen LogP contribution in [0, 0.1) is 17.0 Å². The van der Waals surface area contributed by atoms with Gasteiger partial charge in [0.1, 0.15) is 5.69 Å². The number of para-hydroxylation sites is 2. The molecular weight excluding hydrogens is 372 g/mol. The molecule has 1 amide bonds. The van der Waals surface area contributed by atoms with E-state index in [1.165, 1.54) is 25.2 Å². The van der Waals surface area contributed by atoms with E-state index in [1.807, 2.05) is 0 Å². The average molecular weight is 392 g/mol. The Morgan fingerprint density at radius 3 is 2.52 bits per heavy atom. The van der Waals surface area contributed by atoms with Crippen LogP contribution in [0.25, 0.3) is 0 Å². The molecule has 0 heterocycles. The smallest absolute Gasteiger partial charge is 0.292 e. The van der Waals surface area contributed by atoms with E-state index >= 15 is 0 Å². The molecule has 10 heteroatoms. The summed E-state index contributed by atoms with van der Waals surface area (Å²) in [5, 5.41) is 16.5. The fourth-order valence-electron chi connectivity index (χ4n) is 2.38. The fourth-order valence-corrected chi connectivity index (χ4v) is 3.14. The molecule has 0 atom stereocenters. The number of sulfonamides is 1. The largest absolute Gasteiger partial charge is 0.378 e. The summed E-state index contributed by atoms with van der Waals surface area (Å²) < 4.78 is 26.0. The summed E-state index contributed by atoms with van der Waals surface area (Å²) in [5.41, 5.74) is 1.19. The number of nitro benzene ring substituents is 1. The minimum Gasteiger partial charge on any atom is -0.378 e. The standard InChI is InChI=1S/C17H20N4O5S/c1-12-7-8-13(27(25,26)18-2)11-14(12)17(22)20-10-9-19-15-5-3-4-6-16(15)21(23)24/h3-8,11,18-19H,9-10H2,1-2H3,(H,20,22). The van der Waals surface area contributed by atoms with E-state index in [2.05, 4.69) is 15.4 Å². The zero-order chi connectivity index (χ0) is 20.0. The van der Waals surface area contributed by atoms with E-state index < -0.39 is 20.9 Å². The van der Waals surface area contributed by atoms with Crippen LogP contribution in [0.3, 0.4) is 0 Å². The van der Waals surface area contributed by atoms with Crippen molar-refractivity contribution in [2.45, 2.75) is 11.8 Å². The maximum absolute atomic E-state index is 12.4. The van der Waals surface area contributed by atoms with Gasteiger partial charge in [0, 0.05) is 24.7 Å². The van der Waals surface area contributed by atoms with Crippen LogP contribution in [0.5, 0.6) is 0 Å². The molecule has 0 aliphatic heterocycles. The number of carbonyl (C=O) groups excluding carboxylic acids is 1. The molecule has 9 nitrogen and oxygen atoms in total. The summed E-state index contributed by atoms with van der Waals surface area (Å²) in [6.07, 6.45) is 0. The van der Waals surface area contributed by atoms with Crippen LogP contribution in [-0.2, 0) is 10.0 Å². The van der Waals surface area contributed by atoms with Crippen molar-refractivity contribution in [1.82, 2.24) is 10.0 Å². The quantitative estimate of drug-likeness (QED) is 0.356. The monoisotopic (exact) mass is 392 g/mol. The predicted molar refractivity (Wildman–Crippen MR) is 101 cm³/mol. The topological polar surface area (TPSA) is 130 Å². The van der Waals surface area contributed by atoms with Gasteiger partial charge in [0.05, 0.1) is 9.82 Å². The van der Waals surface area contributed by atoms with Crippen LogP contribution in [0.4, 0.5) is 11.4 Å². The zero-order valence-corrected chi connectivity index (χ0v) is 15.7. The van der Waals surface area contributed by atoms with Gasteiger partial charge in [0.15, 0.2) is 0 Å². The number of amides is 1. The lowest BCUT2D eigenvalue weighted by Crippen LogP contribution is -2.29. The van der Waals surface area contributed by atoms with E-state index in [-0.39, 0.29) is 29.2 Å². The van der Waals surface area contributed by atoms with Gasteiger partial charge < -0.3 is 10.6 Å². The number of aryl methyl sites for hydroxylation is 1. The average Bonchev–Trinajstić information content (AvgIpc) is 2.65. The Morgan fingerprint density at radius 1 is 1.15 bits per heavy atom. The first-order valence-corrected chi connectivity index (χ1v) is 9.54. The molecule has 3 N–H and O–H groups in total. The molecule has 0 bridgehead atoms. The zero-order valence-electron chi connectivity index (χ0n) is 14.9. The number of benzene rings is 2. The number of hydrogen-bond donors (Lipinski definition) is 3. The molecule has 0 unspecified atom stereocenters. The summed E-state index contributed by atoms with van der Waals surface area (Å²) in [7, 11) is -2.36. The molecule has 0 aliphatic rings.